The number of carbonyl (C=O) groups is 1. The van der Waals surface area contributed by atoms with Crippen LogP contribution in [-0.2, 0) is 6.54 Å². The molecule has 0 saturated heterocycles. The Labute approximate surface area is 158 Å². The van der Waals surface area contributed by atoms with Gasteiger partial charge in [0.25, 0.3) is 11.6 Å². The number of hydrogen-bond acceptors (Lipinski definition) is 6. The number of aromatic nitrogens is 2. The summed E-state index contributed by atoms with van der Waals surface area (Å²) >= 11 is 0. The molecule has 3 aromatic rings. The lowest BCUT2D eigenvalue weighted by molar-refractivity contribution is -0.678. The number of H-pyrrole nitrogens is 1. The van der Waals surface area contributed by atoms with E-state index in [1.165, 1.54) is 40.9 Å². The molecule has 3 rings (SSSR count). The number of rotatable bonds is 6. The molecule has 0 aliphatic rings. The molecule has 10 heteroatoms. The molecule has 1 N–H and O–H groups in total. The molecule has 0 spiro atoms. The Morgan fingerprint density at radius 3 is 2.64 bits per heavy atom. The van der Waals surface area contributed by atoms with Crippen LogP contribution in [-0.4, -0.2) is 35.2 Å². The lowest BCUT2D eigenvalue weighted by Crippen LogP contribution is -2.42. The largest absolute Gasteiger partial charge is 0.497 e. The van der Waals surface area contributed by atoms with E-state index in [-0.39, 0.29) is 23.5 Å². The van der Waals surface area contributed by atoms with Gasteiger partial charge in [0, 0.05) is 36.9 Å². The number of nitro benzene ring substituents is 1. The second kappa shape index (κ2) is 7.74. The second-order valence-corrected chi connectivity index (χ2v) is 5.93. The van der Waals surface area contributed by atoms with Crippen LogP contribution in [0.4, 0.5) is 5.69 Å². The van der Waals surface area contributed by atoms with Crippen LogP contribution in [0.1, 0.15) is 16.1 Å². The minimum atomic E-state index is -0.630. The van der Waals surface area contributed by atoms with Crippen molar-refractivity contribution in [1.82, 2.24) is 10.2 Å². The summed E-state index contributed by atoms with van der Waals surface area (Å²) in [7, 11) is 3.04. The molecule has 10 nitrogen and oxygen atoms in total. The molecule has 1 amide bonds. The first-order valence-corrected chi connectivity index (χ1v) is 8.17. The SMILES string of the molecule is COc1ccc(-[n+]2[nH]oc(=O)c2CN(C)C(=O)c2cccc([N+](=O)[O-])c2)cc1. The minimum Gasteiger partial charge on any atom is -0.497 e. The summed E-state index contributed by atoms with van der Waals surface area (Å²) in [4.78, 5) is 36.3. The third kappa shape index (κ3) is 3.75. The third-order valence-electron chi connectivity index (χ3n) is 4.10. The number of nitrogens with one attached hydrogen (secondary N) is 1. The fourth-order valence-electron chi connectivity index (χ4n) is 2.64. The molecule has 2 aromatic carbocycles. The lowest BCUT2D eigenvalue weighted by atomic mass is 10.2. The number of amides is 1. The highest BCUT2D eigenvalue weighted by atomic mass is 16.6. The Bertz CT molecular complexity index is 1070. The minimum absolute atomic E-state index is 0.0701. The highest BCUT2D eigenvalue weighted by Gasteiger charge is 2.27. The zero-order valence-electron chi connectivity index (χ0n) is 15.1. The van der Waals surface area contributed by atoms with Crippen molar-refractivity contribution in [2.45, 2.75) is 6.54 Å². The first-order chi connectivity index (χ1) is 13.4. The van der Waals surface area contributed by atoms with Crippen LogP contribution < -0.4 is 15.0 Å². The monoisotopic (exact) mass is 385 g/mol. The van der Waals surface area contributed by atoms with Gasteiger partial charge < -0.3 is 9.64 Å². The van der Waals surface area contributed by atoms with Gasteiger partial charge in [0.2, 0.25) is 5.69 Å². The Hall–Kier alpha value is -3.95. The molecular weight excluding hydrogens is 368 g/mol. The molecule has 1 heterocycles. The van der Waals surface area contributed by atoms with Gasteiger partial charge in [-0.1, -0.05) is 6.07 Å². The fraction of sp³-hybridized carbons (Fsp3) is 0.167. The molecule has 144 valence electrons. The molecule has 0 fully saturated rings. The van der Waals surface area contributed by atoms with Gasteiger partial charge in [-0.05, 0) is 28.2 Å². The van der Waals surface area contributed by atoms with Crippen molar-refractivity contribution in [2.24, 2.45) is 0 Å². The molecule has 0 bridgehead atoms. The van der Waals surface area contributed by atoms with Gasteiger partial charge in [0.05, 0.1) is 12.0 Å². The molecular formula is C18H17N4O6+. The Balaban J connectivity index is 1.86. The zero-order chi connectivity index (χ0) is 20.3. The van der Waals surface area contributed by atoms with E-state index in [4.69, 9.17) is 9.26 Å². The van der Waals surface area contributed by atoms with Crippen LogP contribution in [0, 0.1) is 10.1 Å². The van der Waals surface area contributed by atoms with Gasteiger partial charge in [-0.25, -0.2) is 4.79 Å². The predicted octanol–water partition coefficient (Wildman–Crippen LogP) is 1.43. The standard InChI is InChI=1S/C18H16N4O6/c1-20(17(23)12-4-3-5-14(10-12)22(25)26)11-16-18(24)28-19-21(16)13-6-8-15(27-2)9-7-13/h3-10H,11H2,1-2H3/p+1. The molecule has 0 aliphatic heterocycles. The molecule has 28 heavy (non-hydrogen) atoms. The van der Waals surface area contributed by atoms with Crippen LogP contribution in [0.25, 0.3) is 5.69 Å². The van der Waals surface area contributed by atoms with E-state index in [9.17, 15) is 19.7 Å². The maximum absolute atomic E-state index is 12.6. The number of nitrogens with zero attached hydrogens (tertiary/aromatic N) is 3. The summed E-state index contributed by atoms with van der Waals surface area (Å²) < 4.78 is 11.4. The van der Waals surface area contributed by atoms with E-state index >= 15 is 0 Å². The number of ether oxygens (including phenoxy) is 1. The predicted molar refractivity (Wildman–Crippen MR) is 96.3 cm³/mol. The number of non-ortho nitro benzene ring substituents is 1. The van der Waals surface area contributed by atoms with E-state index in [0.29, 0.717) is 11.4 Å². The fourth-order valence-corrected chi connectivity index (χ4v) is 2.64. The quantitative estimate of drug-likeness (QED) is 0.389. The Morgan fingerprint density at radius 1 is 1.29 bits per heavy atom. The van der Waals surface area contributed by atoms with E-state index in [1.807, 2.05) is 0 Å². The van der Waals surface area contributed by atoms with Crippen LogP contribution >= 0.6 is 0 Å². The van der Waals surface area contributed by atoms with E-state index < -0.39 is 16.5 Å². The van der Waals surface area contributed by atoms with Crippen LogP contribution in [0.5, 0.6) is 5.75 Å². The Kier molecular flexibility index (Phi) is 5.21. The summed E-state index contributed by atoms with van der Waals surface area (Å²) in [5.74, 6) is 0.181. The van der Waals surface area contributed by atoms with E-state index in [2.05, 4.69) is 5.27 Å². The van der Waals surface area contributed by atoms with Crippen LogP contribution in [0.15, 0.2) is 57.8 Å². The van der Waals surface area contributed by atoms with Crippen molar-refractivity contribution < 1.29 is 23.7 Å². The smallest absolute Gasteiger partial charge is 0.432 e. The first-order valence-electron chi connectivity index (χ1n) is 8.17. The van der Waals surface area contributed by atoms with Crippen molar-refractivity contribution in [3.8, 4) is 11.4 Å². The van der Waals surface area contributed by atoms with Crippen LogP contribution in [0.2, 0.25) is 0 Å². The lowest BCUT2D eigenvalue weighted by Gasteiger charge is -2.14. The van der Waals surface area contributed by atoms with Crippen molar-refractivity contribution in [1.29, 1.82) is 0 Å². The maximum Gasteiger partial charge on any atom is 0.432 e. The van der Waals surface area contributed by atoms with Gasteiger partial charge in [-0.15, -0.1) is 0 Å². The molecule has 1 aromatic heterocycles. The summed E-state index contributed by atoms with van der Waals surface area (Å²) in [5.41, 5.74) is 0.125. The highest BCUT2D eigenvalue weighted by Crippen LogP contribution is 2.15. The molecule has 0 saturated carbocycles. The van der Waals surface area contributed by atoms with Gasteiger partial charge in [-0.3, -0.25) is 19.4 Å². The number of aromatic amines is 1. The normalized spacial score (nSPS) is 10.5. The molecule has 0 unspecified atom stereocenters. The van der Waals surface area contributed by atoms with Gasteiger partial charge in [-0.2, -0.15) is 0 Å². The zero-order valence-corrected chi connectivity index (χ0v) is 15.1. The van der Waals surface area contributed by atoms with Crippen LogP contribution in [0.3, 0.4) is 0 Å². The van der Waals surface area contributed by atoms with E-state index in [1.54, 1.807) is 31.4 Å². The summed E-state index contributed by atoms with van der Waals surface area (Å²) in [6.45, 7) is -0.0701. The number of methoxy groups -OCH3 is 1. The van der Waals surface area contributed by atoms with Crippen molar-refractivity contribution in [3.05, 3.63) is 80.3 Å². The molecule has 0 atom stereocenters. The summed E-state index contributed by atoms with van der Waals surface area (Å²) in [6.07, 6.45) is 0. The summed E-state index contributed by atoms with van der Waals surface area (Å²) in [5, 5.41) is 13.4. The van der Waals surface area contributed by atoms with Crippen molar-refractivity contribution in [3.63, 3.8) is 0 Å². The average Bonchev–Trinajstić information content (AvgIpc) is 3.07. The summed E-state index contributed by atoms with van der Waals surface area (Å²) in [6, 6.07) is 12.3. The third-order valence-corrected chi connectivity index (χ3v) is 4.10. The number of carbonyl (C=O) groups excluding carboxylic acids is 1. The van der Waals surface area contributed by atoms with Crippen molar-refractivity contribution >= 4 is 11.6 Å². The average molecular weight is 385 g/mol. The topological polar surface area (TPSA) is 123 Å². The van der Waals surface area contributed by atoms with Gasteiger partial charge in [0.15, 0.2) is 0 Å². The number of nitro groups is 1. The van der Waals surface area contributed by atoms with Gasteiger partial charge >= 0.3 is 11.3 Å². The van der Waals surface area contributed by atoms with E-state index in [0.717, 1.165) is 0 Å². The molecule has 0 aliphatic carbocycles. The Morgan fingerprint density at radius 2 is 2.00 bits per heavy atom. The first kappa shape index (κ1) is 18.8. The molecule has 0 radical (unpaired) electrons. The van der Waals surface area contributed by atoms with Crippen molar-refractivity contribution in [2.75, 3.05) is 14.2 Å². The number of benzene rings is 2. The maximum atomic E-state index is 12.6. The number of hydrogen-bond donors (Lipinski definition) is 1. The highest BCUT2D eigenvalue weighted by molar-refractivity contribution is 5.94. The second-order valence-electron chi connectivity index (χ2n) is 5.93. The van der Waals surface area contributed by atoms with Gasteiger partial charge in [0.1, 0.15) is 12.3 Å².